The Morgan fingerprint density at radius 2 is 2.00 bits per heavy atom. The van der Waals surface area contributed by atoms with Crippen LogP contribution in [0.4, 0.5) is 5.82 Å². The second-order valence-electron chi connectivity index (χ2n) is 6.39. The van der Waals surface area contributed by atoms with Gasteiger partial charge in [-0.05, 0) is 12.1 Å². The third kappa shape index (κ3) is 2.79. The van der Waals surface area contributed by atoms with Gasteiger partial charge in [0.1, 0.15) is 29.6 Å². The molecule has 4 aromatic rings. The molecule has 0 amide bonds. The normalized spacial score (nSPS) is 25.1. The Kier molecular flexibility index (Phi) is 4.16. The number of benzene rings is 1. The van der Waals surface area contributed by atoms with Gasteiger partial charge < -0.3 is 25.1 Å². The Morgan fingerprint density at radius 1 is 1.14 bits per heavy atom. The van der Waals surface area contributed by atoms with Crippen LogP contribution in [0, 0.1) is 0 Å². The van der Waals surface area contributed by atoms with Crippen LogP contribution in [0.5, 0.6) is 0 Å². The highest BCUT2D eigenvalue weighted by atomic mass is 32.2. The van der Waals surface area contributed by atoms with Crippen LogP contribution >= 0.6 is 11.8 Å². The number of rotatable bonds is 4. The van der Waals surface area contributed by atoms with Crippen molar-refractivity contribution in [3.63, 3.8) is 0 Å². The van der Waals surface area contributed by atoms with Crippen molar-refractivity contribution in [2.75, 3.05) is 11.5 Å². The summed E-state index contributed by atoms with van der Waals surface area (Å²) >= 11 is 1.31. The molecule has 1 aliphatic rings. The number of anilines is 1. The number of aromatic nitrogens is 5. The number of hydrogen-bond acceptors (Lipinski definition) is 10. The Balaban J connectivity index is 1.35. The minimum absolute atomic E-state index is 0.236. The summed E-state index contributed by atoms with van der Waals surface area (Å²) in [6.45, 7) is 0. The molecule has 1 aromatic carbocycles. The minimum Gasteiger partial charge on any atom is -0.431 e. The summed E-state index contributed by atoms with van der Waals surface area (Å²) in [6.07, 6.45) is -0.928. The van der Waals surface area contributed by atoms with Crippen LogP contribution in [0.2, 0.25) is 0 Å². The average Bonchev–Trinajstić information content (AvgIpc) is 3.38. The van der Waals surface area contributed by atoms with E-state index in [2.05, 4.69) is 19.9 Å². The summed E-state index contributed by atoms with van der Waals surface area (Å²) in [6, 6.07) is 7.46. The monoisotopic (exact) mass is 400 g/mol. The van der Waals surface area contributed by atoms with E-state index in [0.29, 0.717) is 27.7 Å². The van der Waals surface area contributed by atoms with Gasteiger partial charge >= 0.3 is 0 Å². The topological polar surface area (TPSA) is 145 Å². The fourth-order valence-corrected chi connectivity index (χ4v) is 4.11. The molecule has 0 bridgehead atoms. The first-order valence-electron chi connectivity index (χ1n) is 8.55. The van der Waals surface area contributed by atoms with E-state index in [9.17, 15) is 10.2 Å². The van der Waals surface area contributed by atoms with Gasteiger partial charge in [-0.25, -0.2) is 19.9 Å². The summed E-state index contributed by atoms with van der Waals surface area (Å²) in [5, 5.41) is 21.4. The number of nitrogen functional groups attached to an aromatic ring is 1. The quantitative estimate of drug-likeness (QED) is 0.423. The molecule has 11 heteroatoms. The van der Waals surface area contributed by atoms with Crippen molar-refractivity contribution in [3.8, 4) is 0 Å². The zero-order valence-electron chi connectivity index (χ0n) is 14.4. The summed E-state index contributed by atoms with van der Waals surface area (Å²) in [4.78, 5) is 16.6. The van der Waals surface area contributed by atoms with Crippen LogP contribution in [-0.4, -0.2) is 58.8 Å². The first kappa shape index (κ1) is 17.4. The van der Waals surface area contributed by atoms with Crippen LogP contribution in [0.3, 0.4) is 0 Å². The molecule has 3 aromatic heterocycles. The van der Waals surface area contributed by atoms with Crippen molar-refractivity contribution in [3.05, 3.63) is 36.9 Å². The number of aliphatic hydroxyl groups excluding tert-OH is 2. The lowest BCUT2D eigenvalue weighted by Crippen LogP contribution is -2.32. The standard InChI is InChI=1S/C17H16N6O4S/c18-14-11-15(20-6-19-14)23(7-21-11)16-13(25)12(24)10(26-16)5-28-17-22-8-3-1-2-4-9(8)27-17/h1-4,6-7,10,12-13,16,24-25H,5H2,(H2,18,19,20)/t10-,12-,13-,16-/m1/s1. The Morgan fingerprint density at radius 3 is 2.86 bits per heavy atom. The molecule has 4 atom stereocenters. The Hall–Kier alpha value is -2.73. The van der Waals surface area contributed by atoms with Gasteiger partial charge in [0.25, 0.3) is 5.22 Å². The van der Waals surface area contributed by atoms with Gasteiger partial charge in [0.15, 0.2) is 23.3 Å². The first-order valence-corrected chi connectivity index (χ1v) is 9.53. The maximum Gasteiger partial charge on any atom is 0.256 e. The lowest BCUT2D eigenvalue weighted by Gasteiger charge is -2.16. The van der Waals surface area contributed by atoms with E-state index in [1.165, 1.54) is 24.4 Å². The molecule has 1 saturated heterocycles. The molecule has 0 radical (unpaired) electrons. The number of hydrogen-bond donors (Lipinski definition) is 3. The number of imidazole rings is 1. The SMILES string of the molecule is Nc1ncnc2c1ncn2[C@@H]1O[C@H](CSc2nc3ccccc3o2)[C@@H](O)[C@H]1O. The van der Waals surface area contributed by atoms with E-state index >= 15 is 0 Å². The molecule has 0 spiro atoms. The summed E-state index contributed by atoms with van der Waals surface area (Å²) in [7, 11) is 0. The van der Waals surface area contributed by atoms with Crippen molar-refractivity contribution in [2.24, 2.45) is 0 Å². The molecule has 5 rings (SSSR count). The highest BCUT2D eigenvalue weighted by molar-refractivity contribution is 7.99. The Bertz CT molecular complexity index is 1110. The number of para-hydroxylation sites is 2. The lowest BCUT2D eigenvalue weighted by atomic mass is 10.1. The van der Waals surface area contributed by atoms with Crippen LogP contribution in [0.15, 0.2) is 46.6 Å². The van der Waals surface area contributed by atoms with E-state index in [1.54, 1.807) is 4.57 Å². The lowest BCUT2D eigenvalue weighted by molar-refractivity contribution is -0.0289. The molecule has 0 unspecified atom stereocenters. The molecular formula is C17H16N6O4S. The average molecular weight is 400 g/mol. The largest absolute Gasteiger partial charge is 0.431 e. The van der Waals surface area contributed by atoms with Crippen LogP contribution in [0.1, 0.15) is 6.23 Å². The van der Waals surface area contributed by atoms with Crippen LogP contribution < -0.4 is 5.73 Å². The van der Waals surface area contributed by atoms with E-state index in [0.717, 1.165) is 5.52 Å². The highest BCUT2D eigenvalue weighted by Gasteiger charge is 2.44. The van der Waals surface area contributed by atoms with Gasteiger partial charge in [-0.1, -0.05) is 23.9 Å². The number of oxazole rings is 1. The van der Waals surface area contributed by atoms with Crippen LogP contribution in [-0.2, 0) is 4.74 Å². The number of nitrogens with two attached hydrogens (primary N) is 1. The van der Waals surface area contributed by atoms with Gasteiger partial charge in [0, 0.05) is 5.75 Å². The Labute approximate surface area is 162 Å². The second kappa shape index (κ2) is 6.71. The van der Waals surface area contributed by atoms with Crippen molar-refractivity contribution in [1.82, 2.24) is 24.5 Å². The summed E-state index contributed by atoms with van der Waals surface area (Å²) < 4.78 is 13.1. The first-order chi connectivity index (χ1) is 13.6. The van der Waals surface area contributed by atoms with Gasteiger partial charge in [-0.3, -0.25) is 4.57 Å². The van der Waals surface area contributed by atoms with Crippen molar-refractivity contribution in [2.45, 2.75) is 29.8 Å². The third-order valence-corrected chi connectivity index (χ3v) is 5.56. The van der Waals surface area contributed by atoms with Gasteiger partial charge in [0.2, 0.25) is 0 Å². The molecule has 28 heavy (non-hydrogen) atoms. The molecule has 4 heterocycles. The molecule has 4 N–H and O–H groups in total. The number of thioether (sulfide) groups is 1. The van der Waals surface area contributed by atoms with Crippen LogP contribution in [0.25, 0.3) is 22.3 Å². The van der Waals surface area contributed by atoms with E-state index < -0.39 is 24.5 Å². The van der Waals surface area contributed by atoms with E-state index in [-0.39, 0.29) is 5.82 Å². The number of aliphatic hydroxyl groups is 2. The fraction of sp³-hybridized carbons (Fsp3) is 0.294. The highest BCUT2D eigenvalue weighted by Crippen LogP contribution is 2.34. The molecular weight excluding hydrogens is 384 g/mol. The van der Waals surface area contributed by atoms with Gasteiger partial charge in [-0.2, -0.15) is 0 Å². The smallest absolute Gasteiger partial charge is 0.256 e. The zero-order chi connectivity index (χ0) is 19.3. The number of fused-ring (bicyclic) bond motifs is 2. The maximum atomic E-state index is 10.5. The molecule has 1 fully saturated rings. The third-order valence-electron chi connectivity index (χ3n) is 4.64. The van der Waals surface area contributed by atoms with Crippen molar-refractivity contribution in [1.29, 1.82) is 0 Å². The zero-order valence-corrected chi connectivity index (χ0v) is 15.2. The van der Waals surface area contributed by atoms with Gasteiger partial charge in [-0.15, -0.1) is 0 Å². The summed E-state index contributed by atoms with van der Waals surface area (Å²) in [5.74, 6) is 0.588. The summed E-state index contributed by atoms with van der Waals surface area (Å²) in [5.41, 5.74) is 8.10. The number of nitrogens with zero attached hydrogens (tertiary/aromatic N) is 5. The molecule has 144 valence electrons. The molecule has 0 aliphatic carbocycles. The molecule has 0 saturated carbocycles. The second-order valence-corrected chi connectivity index (χ2v) is 7.36. The predicted octanol–water partition coefficient (Wildman–Crippen LogP) is 0.961. The number of ether oxygens (including phenoxy) is 1. The predicted molar refractivity (Wildman–Crippen MR) is 100 cm³/mol. The molecule has 10 nitrogen and oxygen atoms in total. The van der Waals surface area contributed by atoms with E-state index in [4.69, 9.17) is 14.9 Å². The molecule has 1 aliphatic heterocycles. The van der Waals surface area contributed by atoms with Crippen molar-refractivity contribution >= 4 is 39.8 Å². The van der Waals surface area contributed by atoms with Crippen molar-refractivity contribution < 1.29 is 19.4 Å². The van der Waals surface area contributed by atoms with E-state index in [1.807, 2.05) is 24.3 Å². The minimum atomic E-state index is -1.15. The fourth-order valence-electron chi connectivity index (χ4n) is 3.22. The van der Waals surface area contributed by atoms with Gasteiger partial charge in [0.05, 0.1) is 12.4 Å². The maximum absolute atomic E-state index is 10.5.